The Kier molecular flexibility index (Phi) is 4.86. The highest BCUT2D eigenvalue weighted by molar-refractivity contribution is 6.03. The van der Waals surface area contributed by atoms with E-state index in [-0.39, 0.29) is 11.5 Å². The van der Waals surface area contributed by atoms with Gasteiger partial charge in [0.05, 0.1) is 11.1 Å². The first-order valence-electron chi connectivity index (χ1n) is 9.83. The Balaban J connectivity index is 1.55. The number of hydrogen-bond donors (Lipinski definition) is 4. The van der Waals surface area contributed by atoms with Crippen LogP contribution in [0.25, 0.3) is 11.0 Å². The number of fused-ring (bicyclic) bond motifs is 1. The van der Waals surface area contributed by atoms with Crippen molar-refractivity contribution < 1.29 is 14.7 Å². The monoisotopic (exact) mass is 370 g/mol. The third kappa shape index (κ3) is 3.43. The average molecular weight is 370 g/mol. The largest absolute Gasteiger partial charge is 0.478 e. The summed E-state index contributed by atoms with van der Waals surface area (Å²) in [5.41, 5.74) is 1.06. The molecule has 4 N–H and O–H groups in total. The maximum atomic E-state index is 13.0. The van der Waals surface area contributed by atoms with E-state index in [0.717, 1.165) is 44.1 Å². The van der Waals surface area contributed by atoms with Crippen LogP contribution in [0.3, 0.4) is 0 Å². The summed E-state index contributed by atoms with van der Waals surface area (Å²) in [6, 6.07) is 2.13. The van der Waals surface area contributed by atoms with Gasteiger partial charge >= 0.3 is 5.97 Å². The Labute approximate surface area is 157 Å². The highest BCUT2D eigenvalue weighted by atomic mass is 16.4. The summed E-state index contributed by atoms with van der Waals surface area (Å²) in [5, 5.41) is 16.8. The van der Waals surface area contributed by atoms with E-state index in [1.165, 1.54) is 19.0 Å². The van der Waals surface area contributed by atoms with Gasteiger partial charge < -0.3 is 15.4 Å². The number of carboxylic acids is 1. The van der Waals surface area contributed by atoms with Crippen molar-refractivity contribution in [2.24, 2.45) is 0 Å². The maximum Gasteiger partial charge on any atom is 0.337 e. The van der Waals surface area contributed by atoms with Crippen molar-refractivity contribution in [1.29, 1.82) is 0 Å². The summed E-state index contributed by atoms with van der Waals surface area (Å²) >= 11 is 0. The van der Waals surface area contributed by atoms with Gasteiger partial charge in [-0.3, -0.25) is 10.1 Å². The van der Waals surface area contributed by atoms with Crippen LogP contribution < -0.4 is 10.6 Å². The predicted octanol–water partition coefficient (Wildman–Crippen LogP) is 2.72. The molecule has 0 saturated heterocycles. The third-order valence-electron chi connectivity index (χ3n) is 6.09. The lowest BCUT2D eigenvalue weighted by Crippen LogP contribution is -2.56. The van der Waals surface area contributed by atoms with Gasteiger partial charge in [-0.1, -0.05) is 25.7 Å². The quantitative estimate of drug-likeness (QED) is 0.625. The molecule has 144 valence electrons. The minimum absolute atomic E-state index is 0.102. The molecule has 7 heteroatoms. The first kappa shape index (κ1) is 18.0. The second kappa shape index (κ2) is 7.31. The standard InChI is InChI=1S/C20H26N4O3/c25-18(26)15-12-22-17-16(15)13(7-10-21-17)11-23-20(8-3-4-9-20)19(27)24-14-5-1-2-6-14/h7,10,12,14,23H,1-6,8-9,11H2,(H,21,22)(H,24,27)(H,25,26). The summed E-state index contributed by atoms with van der Waals surface area (Å²) < 4.78 is 0. The van der Waals surface area contributed by atoms with E-state index in [1.54, 1.807) is 6.20 Å². The molecule has 2 fully saturated rings. The number of carboxylic acid groups (broad SMARTS) is 1. The zero-order valence-electron chi connectivity index (χ0n) is 15.4. The van der Waals surface area contributed by atoms with Gasteiger partial charge in [-0.15, -0.1) is 0 Å². The van der Waals surface area contributed by atoms with Gasteiger partial charge in [0, 0.05) is 30.4 Å². The Hall–Kier alpha value is -2.41. The molecule has 7 nitrogen and oxygen atoms in total. The number of rotatable bonds is 6. The van der Waals surface area contributed by atoms with E-state index in [4.69, 9.17) is 0 Å². The Morgan fingerprint density at radius 2 is 1.96 bits per heavy atom. The van der Waals surface area contributed by atoms with Crippen LogP contribution in [0.5, 0.6) is 0 Å². The van der Waals surface area contributed by atoms with Crippen LogP contribution >= 0.6 is 0 Å². The first-order chi connectivity index (χ1) is 13.1. The van der Waals surface area contributed by atoms with Gasteiger partial charge in [0.15, 0.2) is 0 Å². The number of carbonyl (C=O) groups excluding carboxylic acids is 1. The minimum Gasteiger partial charge on any atom is -0.478 e. The molecule has 27 heavy (non-hydrogen) atoms. The number of aromatic carboxylic acids is 1. The van der Waals surface area contributed by atoms with Crippen molar-refractivity contribution in [2.75, 3.05) is 0 Å². The molecule has 1 amide bonds. The lowest BCUT2D eigenvalue weighted by atomic mass is 9.94. The molecule has 0 aromatic carbocycles. The smallest absolute Gasteiger partial charge is 0.337 e. The van der Waals surface area contributed by atoms with Gasteiger partial charge in [0.25, 0.3) is 0 Å². The zero-order chi connectivity index (χ0) is 18.9. The second-order valence-corrected chi connectivity index (χ2v) is 7.80. The van der Waals surface area contributed by atoms with E-state index in [0.29, 0.717) is 23.6 Å². The fourth-order valence-electron chi connectivity index (χ4n) is 4.56. The van der Waals surface area contributed by atoms with Crippen LogP contribution in [0.4, 0.5) is 0 Å². The Bertz CT molecular complexity index is 848. The summed E-state index contributed by atoms with van der Waals surface area (Å²) in [4.78, 5) is 31.7. The molecule has 0 aliphatic heterocycles. The highest BCUT2D eigenvalue weighted by Gasteiger charge is 2.41. The van der Waals surface area contributed by atoms with Gasteiger partial charge in [0.2, 0.25) is 5.91 Å². The summed E-state index contributed by atoms with van der Waals surface area (Å²) in [5.74, 6) is -0.880. The zero-order valence-corrected chi connectivity index (χ0v) is 15.4. The van der Waals surface area contributed by atoms with Crippen LogP contribution in [0.15, 0.2) is 18.5 Å². The van der Waals surface area contributed by atoms with E-state index in [9.17, 15) is 14.7 Å². The van der Waals surface area contributed by atoms with E-state index < -0.39 is 11.5 Å². The number of hydrogen-bond acceptors (Lipinski definition) is 4. The van der Waals surface area contributed by atoms with Crippen molar-refractivity contribution in [3.63, 3.8) is 0 Å². The molecule has 2 saturated carbocycles. The molecule has 2 aromatic rings. The normalized spacial score (nSPS) is 19.6. The molecule has 2 aromatic heterocycles. The molecule has 0 spiro atoms. The van der Waals surface area contributed by atoms with E-state index in [2.05, 4.69) is 20.6 Å². The number of carbonyl (C=O) groups is 2. The Morgan fingerprint density at radius 3 is 2.67 bits per heavy atom. The molecular formula is C20H26N4O3. The van der Waals surface area contributed by atoms with Crippen LogP contribution in [-0.4, -0.2) is 38.5 Å². The average Bonchev–Trinajstić information content (AvgIpc) is 3.40. The van der Waals surface area contributed by atoms with Crippen molar-refractivity contribution in [1.82, 2.24) is 20.6 Å². The predicted molar refractivity (Wildman–Crippen MR) is 101 cm³/mol. The van der Waals surface area contributed by atoms with Crippen molar-refractivity contribution in [3.8, 4) is 0 Å². The lowest BCUT2D eigenvalue weighted by Gasteiger charge is -2.31. The van der Waals surface area contributed by atoms with Gasteiger partial charge in [-0.25, -0.2) is 9.78 Å². The molecule has 2 aliphatic carbocycles. The van der Waals surface area contributed by atoms with Gasteiger partial charge in [-0.05, 0) is 37.3 Å². The van der Waals surface area contributed by atoms with Crippen molar-refractivity contribution in [2.45, 2.75) is 69.5 Å². The number of pyridine rings is 1. The van der Waals surface area contributed by atoms with Crippen molar-refractivity contribution in [3.05, 3.63) is 29.6 Å². The lowest BCUT2D eigenvalue weighted by molar-refractivity contribution is -0.128. The summed E-state index contributed by atoms with van der Waals surface area (Å²) in [6.45, 7) is 0.440. The first-order valence-corrected chi connectivity index (χ1v) is 9.83. The molecule has 2 aliphatic rings. The van der Waals surface area contributed by atoms with Crippen LogP contribution in [-0.2, 0) is 11.3 Å². The van der Waals surface area contributed by atoms with E-state index >= 15 is 0 Å². The number of nitrogens with zero attached hydrogens (tertiary/aromatic N) is 1. The molecule has 0 atom stereocenters. The van der Waals surface area contributed by atoms with Gasteiger partial charge in [-0.2, -0.15) is 0 Å². The fraction of sp³-hybridized carbons (Fsp3) is 0.550. The third-order valence-corrected chi connectivity index (χ3v) is 6.09. The topological polar surface area (TPSA) is 107 Å². The number of aromatic nitrogens is 2. The molecular weight excluding hydrogens is 344 g/mol. The van der Waals surface area contributed by atoms with Crippen LogP contribution in [0.2, 0.25) is 0 Å². The van der Waals surface area contributed by atoms with Crippen LogP contribution in [0.1, 0.15) is 67.3 Å². The molecule has 2 heterocycles. The second-order valence-electron chi connectivity index (χ2n) is 7.80. The minimum atomic E-state index is -0.981. The molecule has 0 radical (unpaired) electrons. The Morgan fingerprint density at radius 1 is 1.22 bits per heavy atom. The van der Waals surface area contributed by atoms with Gasteiger partial charge in [0.1, 0.15) is 5.65 Å². The molecule has 0 unspecified atom stereocenters. The SMILES string of the molecule is O=C(O)c1c[nH]c2nccc(CNC3(C(=O)NC4CCCC4)CCCC3)c12. The number of H-pyrrole nitrogens is 1. The number of nitrogens with one attached hydrogen (secondary N) is 3. The fourth-order valence-corrected chi connectivity index (χ4v) is 4.56. The number of aromatic amines is 1. The summed E-state index contributed by atoms with van der Waals surface area (Å²) in [6.07, 6.45) is 11.3. The molecule has 4 rings (SSSR count). The van der Waals surface area contributed by atoms with E-state index in [1.807, 2.05) is 6.07 Å². The maximum absolute atomic E-state index is 13.0. The van der Waals surface area contributed by atoms with Crippen LogP contribution in [0, 0.1) is 0 Å². The molecule has 0 bridgehead atoms. The van der Waals surface area contributed by atoms with Crippen molar-refractivity contribution >= 4 is 22.9 Å². The highest BCUT2D eigenvalue weighted by Crippen LogP contribution is 2.32. The summed E-state index contributed by atoms with van der Waals surface area (Å²) in [7, 11) is 0. The number of amides is 1.